The molecule has 1 unspecified atom stereocenters. The summed E-state index contributed by atoms with van der Waals surface area (Å²) >= 11 is 6.09. The van der Waals surface area contributed by atoms with Gasteiger partial charge in [0.05, 0.1) is 7.11 Å². The van der Waals surface area contributed by atoms with Crippen molar-refractivity contribution >= 4 is 11.6 Å². The molecule has 2 rings (SSSR count). The van der Waals surface area contributed by atoms with Crippen LogP contribution in [0.15, 0.2) is 42.5 Å². The van der Waals surface area contributed by atoms with Crippen LogP contribution in [-0.4, -0.2) is 13.7 Å². The van der Waals surface area contributed by atoms with Crippen molar-refractivity contribution in [1.29, 1.82) is 0 Å². The van der Waals surface area contributed by atoms with E-state index in [0.717, 1.165) is 29.2 Å². The predicted octanol–water partition coefficient (Wildman–Crippen LogP) is 4.02. The third-order valence-electron chi connectivity index (χ3n) is 3.73. The Bertz CT molecular complexity index is 580. The molecule has 0 aliphatic rings. The molecule has 0 saturated heterocycles. The van der Waals surface area contributed by atoms with Crippen LogP contribution in [-0.2, 0) is 12.8 Å². The van der Waals surface area contributed by atoms with Gasteiger partial charge in [0.1, 0.15) is 5.75 Å². The topological polar surface area (TPSA) is 35.2 Å². The molecule has 0 aliphatic carbocycles. The van der Waals surface area contributed by atoms with Gasteiger partial charge >= 0.3 is 0 Å². The lowest BCUT2D eigenvalue weighted by Crippen LogP contribution is -2.19. The molecule has 21 heavy (non-hydrogen) atoms. The van der Waals surface area contributed by atoms with Crippen LogP contribution < -0.4 is 10.5 Å². The lowest BCUT2D eigenvalue weighted by Gasteiger charge is -2.17. The minimum atomic E-state index is 0.375. The molecule has 0 bridgehead atoms. The number of aryl methyl sites for hydroxylation is 1. The van der Waals surface area contributed by atoms with Crippen LogP contribution in [0, 0.1) is 12.8 Å². The molecule has 112 valence electrons. The van der Waals surface area contributed by atoms with Gasteiger partial charge in [0.25, 0.3) is 0 Å². The Morgan fingerprint density at radius 2 is 1.81 bits per heavy atom. The average molecular weight is 304 g/mol. The third kappa shape index (κ3) is 4.48. The number of hydrogen-bond donors (Lipinski definition) is 1. The van der Waals surface area contributed by atoms with Crippen LogP contribution in [0.3, 0.4) is 0 Å². The highest BCUT2D eigenvalue weighted by Gasteiger charge is 2.13. The van der Waals surface area contributed by atoms with Crippen LogP contribution >= 0.6 is 11.6 Å². The van der Waals surface area contributed by atoms with Crippen LogP contribution in [0.2, 0.25) is 5.02 Å². The van der Waals surface area contributed by atoms with Crippen LogP contribution in [0.25, 0.3) is 0 Å². The number of rotatable bonds is 6. The summed E-state index contributed by atoms with van der Waals surface area (Å²) < 4.78 is 5.41. The maximum Gasteiger partial charge on any atom is 0.122 e. The second kappa shape index (κ2) is 7.48. The zero-order chi connectivity index (χ0) is 15.2. The fourth-order valence-corrected chi connectivity index (χ4v) is 2.71. The number of methoxy groups -OCH3 is 1. The van der Waals surface area contributed by atoms with Crippen molar-refractivity contribution in [1.82, 2.24) is 0 Å². The molecular weight excluding hydrogens is 282 g/mol. The molecule has 3 heteroatoms. The molecule has 0 aromatic heterocycles. The van der Waals surface area contributed by atoms with Gasteiger partial charge in [-0.15, -0.1) is 0 Å². The fourth-order valence-electron chi connectivity index (χ4n) is 2.51. The van der Waals surface area contributed by atoms with Gasteiger partial charge in [-0.25, -0.2) is 0 Å². The molecule has 2 N–H and O–H groups in total. The molecule has 0 spiro atoms. The van der Waals surface area contributed by atoms with Gasteiger partial charge in [-0.3, -0.25) is 0 Å². The highest BCUT2D eigenvalue weighted by molar-refractivity contribution is 6.30. The number of hydrogen-bond acceptors (Lipinski definition) is 2. The largest absolute Gasteiger partial charge is 0.496 e. The second-order valence-electron chi connectivity index (χ2n) is 5.45. The number of nitrogens with two attached hydrogens (primary N) is 1. The van der Waals surface area contributed by atoms with Crippen molar-refractivity contribution < 1.29 is 4.74 Å². The number of ether oxygens (including phenoxy) is 1. The Kier molecular flexibility index (Phi) is 5.66. The lowest BCUT2D eigenvalue weighted by atomic mass is 9.92. The van der Waals surface area contributed by atoms with Crippen LogP contribution in [0.1, 0.15) is 16.7 Å². The first-order chi connectivity index (χ1) is 10.1. The number of halogens is 1. The van der Waals surface area contributed by atoms with Gasteiger partial charge < -0.3 is 10.5 Å². The van der Waals surface area contributed by atoms with E-state index < -0.39 is 0 Å². The zero-order valence-electron chi connectivity index (χ0n) is 12.6. The van der Waals surface area contributed by atoms with Gasteiger partial charge in [-0.2, -0.15) is 0 Å². The molecule has 0 fully saturated rings. The standard InChI is InChI=1S/C18H22ClNO/c1-13-3-5-14(6-4-13)9-15(12-20)10-16-11-17(19)7-8-18(16)21-2/h3-8,11,15H,9-10,12,20H2,1-2H3. The lowest BCUT2D eigenvalue weighted by molar-refractivity contribution is 0.404. The van der Waals surface area contributed by atoms with E-state index in [1.54, 1.807) is 7.11 Å². The van der Waals surface area contributed by atoms with E-state index in [1.807, 2.05) is 18.2 Å². The van der Waals surface area contributed by atoms with Crippen molar-refractivity contribution in [2.75, 3.05) is 13.7 Å². The third-order valence-corrected chi connectivity index (χ3v) is 3.96. The van der Waals surface area contributed by atoms with Crippen LogP contribution in [0.5, 0.6) is 5.75 Å². The maximum atomic E-state index is 6.09. The van der Waals surface area contributed by atoms with E-state index in [4.69, 9.17) is 22.1 Å². The predicted molar refractivity (Wildman–Crippen MR) is 89.1 cm³/mol. The van der Waals surface area contributed by atoms with E-state index >= 15 is 0 Å². The minimum absolute atomic E-state index is 0.375. The van der Waals surface area contributed by atoms with Gasteiger partial charge in [0.2, 0.25) is 0 Å². The highest BCUT2D eigenvalue weighted by Crippen LogP contribution is 2.26. The SMILES string of the molecule is COc1ccc(Cl)cc1CC(CN)Cc1ccc(C)cc1. The monoisotopic (exact) mass is 303 g/mol. The highest BCUT2D eigenvalue weighted by atomic mass is 35.5. The zero-order valence-corrected chi connectivity index (χ0v) is 13.4. The molecule has 2 nitrogen and oxygen atoms in total. The Hall–Kier alpha value is -1.51. The van der Waals surface area contributed by atoms with E-state index in [0.29, 0.717) is 12.5 Å². The van der Waals surface area contributed by atoms with Gasteiger partial charge in [0, 0.05) is 5.02 Å². The first-order valence-electron chi connectivity index (χ1n) is 7.20. The number of benzene rings is 2. The molecule has 0 heterocycles. The normalized spacial score (nSPS) is 12.2. The van der Waals surface area contributed by atoms with E-state index in [-0.39, 0.29) is 0 Å². The minimum Gasteiger partial charge on any atom is -0.496 e. The van der Waals surface area contributed by atoms with Gasteiger partial charge in [-0.05, 0) is 61.6 Å². The quantitative estimate of drug-likeness (QED) is 0.875. The Labute approximate surface area is 131 Å². The molecule has 2 aromatic carbocycles. The van der Waals surface area contributed by atoms with Gasteiger partial charge in [-0.1, -0.05) is 41.4 Å². The molecule has 0 radical (unpaired) electrons. The van der Waals surface area contributed by atoms with Crippen molar-refractivity contribution in [2.45, 2.75) is 19.8 Å². The average Bonchev–Trinajstić information content (AvgIpc) is 2.49. The molecule has 0 amide bonds. The van der Waals surface area contributed by atoms with E-state index in [1.165, 1.54) is 11.1 Å². The smallest absolute Gasteiger partial charge is 0.122 e. The summed E-state index contributed by atoms with van der Waals surface area (Å²) in [6, 6.07) is 14.4. The molecule has 1 atom stereocenters. The second-order valence-corrected chi connectivity index (χ2v) is 5.89. The molecule has 2 aromatic rings. The summed E-state index contributed by atoms with van der Waals surface area (Å²) in [4.78, 5) is 0. The summed E-state index contributed by atoms with van der Waals surface area (Å²) in [6.07, 6.45) is 1.83. The van der Waals surface area contributed by atoms with E-state index in [2.05, 4.69) is 31.2 Å². The molecular formula is C18H22ClNO. The first kappa shape index (κ1) is 15.9. The van der Waals surface area contributed by atoms with E-state index in [9.17, 15) is 0 Å². The first-order valence-corrected chi connectivity index (χ1v) is 7.58. The summed E-state index contributed by atoms with van der Waals surface area (Å²) in [5.74, 6) is 1.25. The molecule has 0 saturated carbocycles. The maximum absolute atomic E-state index is 6.09. The Balaban J connectivity index is 2.11. The summed E-state index contributed by atoms with van der Waals surface area (Å²) in [5.41, 5.74) is 9.67. The summed E-state index contributed by atoms with van der Waals surface area (Å²) in [5, 5.41) is 0.733. The van der Waals surface area contributed by atoms with Gasteiger partial charge in [0.15, 0.2) is 0 Å². The Morgan fingerprint density at radius 3 is 2.43 bits per heavy atom. The van der Waals surface area contributed by atoms with Crippen molar-refractivity contribution in [2.24, 2.45) is 11.7 Å². The van der Waals surface area contributed by atoms with Crippen molar-refractivity contribution in [3.8, 4) is 5.75 Å². The van der Waals surface area contributed by atoms with Crippen LogP contribution in [0.4, 0.5) is 0 Å². The summed E-state index contributed by atoms with van der Waals surface area (Å²) in [6.45, 7) is 2.74. The molecule has 0 aliphatic heterocycles. The van der Waals surface area contributed by atoms with Crippen molar-refractivity contribution in [3.05, 3.63) is 64.2 Å². The van der Waals surface area contributed by atoms with Crippen molar-refractivity contribution in [3.63, 3.8) is 0 Å². The summed E-state index contributed by atoms with van der Waals surface area (Å²) in [7, 11) is 1.68. The Morgan fingerprint density at radius 1 is 1.10 bits per heavy atom. The fraction of sp³-hybridized carbons (Fsp3) is 0.333.